The van der Waals surface area contributed by atoms with E-state index in [1.54, 1.807) is 7.11 Å². The van der Waals surface area contributed by atoms with E-state index in [0.29, 0.717) is 12.0 Å². The molecule has 3 heteroatoms. The highest BCUT2D eigenvalue weighted by Gasteiger charge is 2.19. The topological polar surface area (TPSA) is 21.6 Å². The number of hydrogen-bond acceptors (Lipinski definition) is 2. The molecule has 1 aromatic carbocycles. The molecular formula is C13H16INO. The highest BCUT2D eigenvalue weighted by Crippen LogP contribution is 2.28. The zero-order valence-corrected chi connectivity index (χ0v) is 12.0. The zero-order chi connectivity index (χ0) is 11.7. The number of fused-ring (bicyclic) bond motifs is 1. The summed E-state index contributed by atoms with van der Waals surface area (Å²) in [6, 6.07) is 4.73. The average Bonchev–Trinajstić information content (AvgIpc) is 2.27. The fourth-order valence-corrected chi connectivity index (χ4v) is 2.68. The van der Waals surface area contributed by atoms with Crippen LogP contribution in [0.1, 0.15) is 25.0 Å². The Hall–Kier alpha value is -0.580. The first-order chi connectivity index (χ1) is 7.61. The van der Waals surface area contributed by atoms with Gasteiger partial charge in [-0.05, 0) is 58.2 Å². The van der Waals surface area contributed by atoms with Crippen LogP contribution in [0.15, 0.2) is 17.1 Å². The van der Waals surface area contributed by atoms with Gasteiger partial charge < -0.3 is 4.74 Å². The van der Waals surface area contributed by atoms with Gasteiger partial charge in [0, 0.05) is 6.21 Å². The van der Waals surface area contributed by atoms with Crippen LogP contribution in [0, 0.1) is 9.49 Å². The highest BCUT2D eigenvalue weighted by molar-refractivity contribution is 14.1. The lowest BCUT2D eigenvalue weighted by Gasteiger charge is -2.22. The lowest BCUT2D eigenvalue weighted by molar-refractivity contribution is 0.411. The molecule has 1 aromatic rings. The quantitative estimate of drug-likeness (QED) is 0.763. The third-order valence-corrected chi connectivity index (χ3v) is 3.86. The van der Waals surface area contributed by atoms with E-state index in [-0.39, 0.29) is 0 Å². The van der Waals surface area contributed by atoms with Gasteiger partial charge >= 0.3 is 0 Å². The van der Waals surface area contributed by atoms with Gasteiger partial charge in [-0.25, -0.2) is 0 Å². The lowest BCUT2D eigenvalue weighted by atomic mass is 9.92. The second kappa shape index (κ2) is 4.73. The summed E-state index contributed by atoms with van der Waals surface area (Å²) < 4.78 is 6.49. The molecule has 1 aliphatic heterocycles. The summed E-state index contributed by atoms with van der Waals surface area (Å²) in [6.07, 6.45) is 3.03. The van der Waals surface area contributed by atoms with Gasteiger partial charge in [0.15, 0.2) is 0 Å². The number of halogens is 1. The third kappa shape index (κ3) is 2.24. The number of nitrogens with zero attached hydrogens (tertiary/aromatic N) is 1. The SMILES string of the molecule is COc1cc2c(cc1I)CC(C(C)C)N=C2. The van der Waals surface area contributed by atoms with Crippen molar-refractivity contribution in [1.29, 1.82) is 0 Å². The molecule has 0 bridgehead atoms. The Morgan fingerprint density at radius 3 is 2.81 bits per heavy atom. The Balaban J connectivity index is 2.36. The van der Waals surface area contributed by atoms with Crippen molar-refractivity contribution in [2.24, 2.45) is 10.9 Å². The molecule has 1 atom stereocenters. The van der Waals surface area contributed by atoms with E-state index in [9.17, 15) is 0 Å². The minimum Gasteiger partial charge on any atom is -0.496 e. The van der Waals surface area contributed by atoms with Crippen LogP contribution in [-0.4, -0.2) is 19.4 Å². The molecule has 1 heterocycles. The molecule has 0 radical (unpaired) electrons. The minimum atomic E-state index is 0.427. The number of ether oxygens (including phenoxy) is 1. The van der Waals surface area contributed by atoms with Crippen molar-refractivity contribution in [3.63, 3.8) is 0 Å². The summed E-state index contributed by atoms with van der Waals surface area (Å²) >= 11 is 2.32. The molecule has 86 valence electrons. The Morgan fingerprint density at radius 1 is 1.44 bits per heavy atom. The van der Waals surface area contributed by atoms with Crippen molar-refractivity contribution in [1.82, 2.24) is 0 Å². The number of methoxy groups -OCH3 is 1. The summed E-state index contributed by atoms with van der Waals surface area (Å²) in [5.74, 6) is 1.54. The molecule has 1 aliphatic rings. The summed E-state index contributed by atoms with van der Waals surface area (Å²) in [4.78, 5) is 4.59. The molecule has 2 rings (SSSR count). The lowest BCUT2D eigenvalue weighted by Crippen LogP contribution is -2.21. The summed E-state index contributed by atoms with van der Waals surface area (Å²) in [6.45, 7) is 4.45. The summed E-state index contributed by atoms with van der Waals surface area (Å²) in [7, 11) is 1.71. The van der Waals surface area contributed by atoms with Crippen LogP contribution >= 0.6 is 22.6 Å². The van der Waals surface area contributed by atoms with Gasteiger partial charge in [0.2, 0.25) is 0 Å². The molecule has 0 amide bonds. The first kappa shape index (κ1) is 11.9. The summed E-state index contributed by atoms with van der Waals surface area (Å²) in [5.41, 5.74) is 2.59. The molecule has 0 saturated carbocycles. The van der Waals surface area contributed by atoms with Crippen molar-refractivity contribution in [2.45, 2.75) is 26.3 Å². The van der Waals surface area contributed by atoms with E-state index < -0.39 is 0 Å². The van der Waals surface area contributed by atoms with Gasteiger partial charge in [-0.2, -0.15) is 0 Å². The van der Waals surface area contributed by atoms with Crippen molar-refractivity contribution in [3.05, 3.63) is 26.8 Å². The van der Waals surface area contributed by atoms with Gasteiger partial charge in [0.1, 0.15) is 5.75 Å². The molecule has 0 aliphatic carbocycles. The maximum atomic E-state index is 5.32. The van der Waals surface area contributed by atoms with E-state index in [2.05, 4.69) is 53.6 Å². The first-order valence-corrected chi connectivity index (χ1v) is 6.59. The van der Waals surface area contributed by atoms with Crippen molar-refractivity contribution in [3.8, 4) is 5.75 Å². The van der Waals surface area contributed by atoms with Gasteiger partial charge in [-0.3, -0.25) is 4.99 Å². The molecule has 0 saturated heterocycles. The predicted molar refractivity (Wildman–Crippen MR) is 75.6 cm³/mol. The smallest absolute Gasteiger partial charge is 0.132 e. The Labute approximate surface area is 110 Å². The van der Waals surface area contributed by atoms with Crippen LogP contribution in [0.3, 0.4) is 0 Å². The van der Waals surface area contributed by atoms with Crippen LogP contribution in [0.5, 0.6) is 5.75 Å². The summed E-state index contributed by atoms with van der Waals surface area (Å²) in [5, 5.41) is 0. The van der Waals surface area contributed by atoms with Crippen LogP contribution < -0.4 is 4.74 Å². The molecule has 0 fully saturated rings. The maximum Gasteiger partial charge on any atom is 0.132 e. The average molecular weight is 329 g/mol. The van der Waals surface area contributed by atoms with E-state index in [4.69, 9.17) is 4.74 Å². The second-order valence-electron chi connectivity index (χ2n) is 4.48. The third-order valence-electron chi connectivity index (χ3n) is 3.02. The molecule has 16 heavy (non-hydrogen) atoms. The van der Waals surface area contributed by atoms with E-state index in [1.165, 1.54) is 14.7 Å². The zero-order valence-electron chi connectivity index (χ0n) is 9.83. The largest absolute Gasteiger partial charge is 0.496 e. The molecule has 0 spiro atoms. The van der Waals surface area contributed by atoms with Crippen molar-refractivity contribution >= 4 is 28.8 Å². The number of rotatable bonds is 2. The Kier molecular flexibility index (Phi) is 3.52. The minimum absolute atomic E-state index is 0.427. The number of hydrogen-bond donors (Lipinski definition) is 0. The fourth-order valence-electron chi connectivity index (χ4n) is 1.93. The van der Waals surface area contributed by atoms with E-state index >= 15 is 0 Å². The molecular weight excluding hydrogens is 313 g/mol. The van der Waals surface area contributed by atoms with Crippen molar-refractivity contribution in [2.75, 3.05) is 7.11 Å². The van der Waals surface area contributed by atoms with Gasteiger partial charge in [-0.15, -0.1) is 0 Å². The Bertz CT molecular complexity index is 426. The van der Waals surface area contributed by atoms with Crippen LogP contribution in [-0.2, 0) is 6.42 Å². The molecule has 2 nitrogen and oxygen atoms in total. The van der Waals surface area contributed by atoms with Gasteiger partial charge in [0.05, 0.1) is 16.7 Å². The second-order valence-corrected chi connectivity index (χ2v) is 5.64. The number of aliphatic imine (C=N–C) groups is 1. The standard InChI is InChI=1S/C13H16INO/c1-8(2)12-5-9-4-11(14)13(16-3)6-10(9)7-15-12/h4,6-8,12H,5H2,1-3H3. The van der Waals surface area contributed by atoms with Crippen molar-refractivity contribution < 1.29 is 4.74 Å². The highest BCUT2D eigenvalue weighted by atomic mass is 127. The van der Waals surface area contributed by atoms with E-state index in [1.807, 2.05) is 6.21 Å². The monoisotopic (exact) mass is 329 g/mol. The van der Waals surface area contributed by atoms with E-state index in [0.717, 1.165) is 12.2 Å². The van der Waals surface area contributed by atoms with Crippen LogP contribution in [0.4, 0.5) is 0 Å². The first-order valence-electron chi connectivity index (χ1n) is 5.51. The van der Waals surface area contributed by atoms with Crippen LogP contribution in [0.2, 0.25) is 0 Å². The van der Waals surface area contributed by atoms with Gasteiger partial charge in [0.25, 0.3) is 0 Å². The fraction of sp³-hybridized carbons (Fsp3) is 0.462. The normalized spacial score (nSPS) is 18.7. The number of benzene rings is 1. The molecule has 1 unspecified atom stereocenters. The Morgan fingerprint density at radius 2 is 2.19 bits per heavy atom. The molecule has 0 aromatic heterocycles. The van der Waals surface area contributed by atoms with Crippen LogP contribution in [0.25, 0.3) is 0 Å². The predicted octanol–water partition coefficient (Wildman–Crippen LogP) is 3.30. The molecule has 0 N–H and O–H groups in total. The maximum absolute atomic E-state index is 5.32. The van der Waals surface area contributed by atoms with Gasteiger partial charge in [-0.1, -0.05) is 13.8 Å².